The maximum Gasteiger partial charge on any atom is 0.322 e. The van der Waals surface area contributed by atoms with Gasteiger partial charge in [0, 0.05) is 0 Å². The van der Waals surface area contributed by atoms with Gasteiger partial charge >= 0.3 is 5.97 Å². The van der Waals surface area contributed by atoms with Crippen LogP contribution in [0.5, 0.6) is 0 Å². The SMILES string of the molecule is CSCCC(N)C(=O)NC(CCSC)C(=O)NC(CO)C(=O)NCC(=O)O. The quantitative estimate of drug-likeness (QED) is 0.184. The van der Waals surface area contributed by atoms with E-state index in [9.17, 15) is 24.3 Å². The van der Waals surface area contributed by atoms with Crippen LogP contribution in [0.3, 0.4) is 0 Å². The third kappa shape index (κ3) is 11.1. The summed E-state index contributed by atoms with van der Waals surface area (Å²) < 4.78 is 0. The van der Waals surface area contributed by atoms with Gasteiger partial charge in [0.05, 0.1) is 12.6 Å². The van der Waals surface area contributed by atoms with Crippen molar-refractivity contribution < 1.29 is 29.4 Å². The Morgan fingerprint density at radius 1 is 0.926 bits per heavy atom. The molecule has 0 spiro atoms. The number of carboxylic acid groups (broad SMARTS) is 1. The molecule has 0 aromatic heterocycles. The summed E-state index contributed by atoms with van der Waals surface area (Å²) in [6.45, 7) is -1.35. The molecule has 156 valence electrons. The van der Waals surface area contributed by atoms with Crippen molar-refractivity contribution >= 4 is 47.2 Å². The van der Waals surface area contributed by atoms with Crippen LogP contribution in [0.4, 0.5) is 0 Å². The number of hydrogen-bond acceptors (Lipinski definition) is 8. The van der Waals surface area contributed by atoms with Crippen LogP contribution >= 0.6 is 23.5 Å². The van der Waals surface area contributed by atoms with Gasteiger partial charge in [0.15, 0.2) is 0 Å². The summed E-state index contributed by atoms with van der Waals surface area (Å²) in [7, 11) is 0. The van der Waals surface area contributed by atoms with Crippen molar-refractivity contribution in [3.8, 4) is 0 Å². The van der Waals surface area contributed by atoms with Crippen LogP contribution in [0.1, 0.15) is 12.8 Å². The highest BCUT2D eigenvalue weighted by Crippen LogP contribution is 2.04. The molecule has 10 nitrogen and oxygen atoms in total. The Balaban J connectivity index is 4.89. The van der Waals surface area contributed by atoms with Crippen molar-refractivity contribution in [2.45, 2.75) is 31.0 Å². The minimum atomic E-state index is -1.32. The molecule has 0 aromatic carbocycles. The van der Waals surface area contributed by atoms with E-state index in [-0.39, 0.29) is 0 Å². The lowest BCUT2D eigenvalue weighted by atomic mass is 10.1. The maximum absolute atomic E-state index is 12.4. The average molecular weight is 425 g/mol. The number of hydrogen-bond donors (Lipinski definition) is 6. The van der Waals surface area contributed by atoms with Gasteiger partial charge in [-0.3, -0.25) is 19.2 Å². The summed E-state index contributed by atoms with van der Waals surface area (Å²) >= 11 is 3.03. The second-order valence-corrected chi connectivity index (χ2v) is 7.56. The van der Waals surface area contributed by atoms with E-state index >= 15 is 0 Å². The molecule has 0 saturated heterocycles. The molecule has 3 unspecified atom stereocenters. The Kier molecular flexibility index (Phi) is 13.7. The number of nitrogens with one attached hydrogen (secondary N) is 3. The molecule has 12 heteroatoms. The van der Waals surface area contributed by atoms with Crippen LogP contribution in [-0.4, -0.2) is 89.2 Å². The fraction of sp³-hybridized carbons (Fsp3) is 0.733. The van der Waals surface area contributed by atoms with E-state index in [2.05, 4.69) is 16.0 Å². The average Bonchev–Trinajstić information content (AvgIpc) is 2.64. The van der Waals surface area contributed by atoms with Crippen LogP contribution in [0, 0.1) is 0 Å². The highest BCUT2D eigenvalue weighted by molar-refractivity contribution is 7.98. The zero-order chi connectivity index (χ0) is 20.8. The first-order chi connectivity index (χ1) is 12.8. The Morgan fingerprint density at radius 2 is 1.48 bits per heavy atom. The molecule has 0 aliphatic rings. The van der Waals surface area contributed by atoms with Crippen molar-refractivity contribution in [3.63, 3.8) is 0 Å². The Morgan fingerprint density at radius 3 is 2.00 bits per heavy atom. The maximum atomic E-state index is 12.4. The van der Waals surface area contributed by atoms with Crippen molar-refractivity contribution in [2.24, 2.45) is 5.73 Å². The molecule has 3 amide bonds. The van der Waals surface area contributed by atoms with E-state index in [1.807, 2.05) is 12.5 Å². The second kappa shape index (κ2) is 14.5. The molecule has 0 radical (unpaired) electrons. The molecule has 0 bridgehead atoms. The lowest BCUT2D eigenvalue weighted by molar-refractivity contribution is -0.139. The predicted molar refractivity (Wildman–Crippen MR) is 106 cm³/mol. The van der Waals surface area contributed by atoms with Gasteiger partial charge in [-0.2, -0.15) is 23.5 Å². The van der Waals surface area contributed by atoms with Crippen molar-refractivity contribution in [1.29, 1.82) is 0 Å². The standard InChI is InChI=1S/C15H28N4O6S2/c1-26-5-3-9(16)13(23)18-10(4-6-27-2)15(25)19-11(8-20)14(24)17-7-12(21)22/h9-11,20H,3-8,16H2,1-2H3,(H,17,24)(H,18,23)(H,19,25)(H,21,22). The van der Waals surface area contributed by atoms with Crippen LogP contribution < -0.4 is 21.7 Å². The highest BCUT2D eigenvalue weighted by atomic mass is 32.2. The van der Waals surface area contributed by atoms with Crippen molar-refractivity contribution in [3.05, 3.63) is 0 Å². The van der Waals surface area contributed by atoms with Gasteiger partial charge in [-0.25, -0.2) is 0 Å². The van der Waals surface area contributed by atoms with Crippen LogP contribution in [0.15, 0.2) is 0 Å². The first-order valence-corrected chi connectivity index (χ1v) is 11.0. The summed E-state index contributed by atoms with van der Waals surface area (Å²) in [4.78, 5) is 46.9. The molecular formula is C15H28N4O6S2. The van der Waals surface area contributed by atoms with Gasteiger partial charge in [-0.1, -0.05) is 0 Å². The zero-order valence-electron chi connectivity index (χ0n) is 15.4. The number of carboxylic acids is 1. The Labute approximate surface area is 166 Å². The normalized spacial score (nSPS) is 13.9. The predicted octanol–water partition coefficient (Wildman–Crippen LogP) is -2.02. The number of rotatable bonds is 14. The zero-order valence-corrected chi connectivity index (χ0v) is 17.0. The number of thioether (sulfide) groups is 2. The molecule has 3 atom stereocenters. The van der Waals surface area contributed by atoms with Crippen molar-refractivity contribution in [1.82, 2.24) is 16.0 Å². The number of aliphatic carboxylic acids is 1. The summed E-state index contributed by atoms with van der Waals surface area (Å²) in [5, 5.41) is 24.8. The summed E-state index contributed by atoms with van der Waals surface area (Å²) in [6, 6.07) is -3.00. The first-order valence-electron chi connectivity index (χ1n) is 8.21. The Bertz CT molecular complexity index is 509. The van der Waals surface area contributed by atoms with Gasteiger partial charge in [-0.15, -0.1) is 0 Å². The molecule has 0 aliphatic heterocycles. The van der Waals surface area contributed by atoms with Crippen LogP contribution in [0.25, 0.3) is 0 Å². The van der Waals surface area contributed by atoms with Gasteiger partial charge in [0.25, 0.3) is 0 Å². The van der Waals surface area contributed by atoms with Gasteiger partial charge in [0.1, 0.15) is 18.6 Å². The third-order valence-corrected chi connectivity index (χ3v) is 4.73. The van der Waals surface area contributed by atoms with E-state index in [4.69, 9.17) is 10.8 Å². The molecule has 0 fully saturated rings. The van der Waals surface area contributed by atoms with E-state index in [1.165, 1.54) is 11.8 Å². The van der Waals surface area contributed by atoms with Gasteiger partial charge in [-0.05, 0) is 36.9 Å². The molecule has 0 rings (SSSR count). The first kappa shape index (κ1) is 25.5. The number of aliphatic hydroxyl groups excluding tert-OH is 1. The minimum absolute atomic E-state index is 0.308. The lowest BCUT2D eigenvalue weighted by Gasteiger charge is -2.23. The van der Waals surface area contributed by atoms with Crippen molar-refractivity contribution in [2.75, 3.05) is 37.2 Å². The number of nitrogens with two attached hydrogens (primary N) is 1. The second-order valence-electron chi connectivity index (χ2n) is 5.59. The molecule has 27 heavy (non-hydrogen) atoms. The topological polar surface area (TPSA) is 171 Å². The smallest absolute Gasteiger partial charge is 0.322 e. The largest absolute Gasteiger partial charge is 0.480 e. The van der Waals surface area contributed by atoms with E-state index < -0.39 is 55.0 Å². The molecule has 0 aliphatic carbocycles. The van der Waals surface area contributed by atoms with Crippen LogP contribution in [-0.2, 0) is 19.2 Å². The monoisotopic (exact) mass is 424 g/mol. The fourth-order valence-corrected chi connectivity index (χ4v) is 2.87. The number of carbonyl (C=O) groups is 4. The molecule has 0 heterocycles. The van der Waals surface area contributed by atoms with Gasteiger partial charge < -0.3 is 31.9 Å². The summed E-state index contributed by atoms with van der Waals surface area (Å²) in [6.07, 6.45) is 4.50. The minimum Gasteiger partial charge on any atom is -0.480 e. The van der Waals surface area contributed by atoms with Gasteiger partial charge in [0.2, 0.25) is 17.7 Å². The van der Waals surface area contributed by atoms with Crippen LogP contribution in [0.2, 0.25) is 0 Å². The number of aliphatic hydroxyl groups is 1. The summed E-state index contributed by atoms with van der Waals surface area (Å²) in [5.74, 6) is -1.93. The molecular weight excluding hydrogens is 396 g/mol. The third-order valence-electron chi connectivity index (χ3n) is 3.44. The van der Waals surface area contributed by atoms with E-state index in [0.717, 1.165) is 0 Å². The number of carbonyl (C=O) groups excluding carboxylic acids is 3. The lowest BCUT2D eigenvalue weighted by Crippen LogP contribution is -2.57. The Hall–Kier alpha value is -1.50. The van der Waals surface area contributed by atoms with E-state index in [1.54, 1.807) is 11.8 Å². The highest BCUT2D eigenvalue weighted by Gasteiger charge is 2.27. The fourth-order valence-electron chi connectivity index (χ4n) is 1.91. The molecule has 0 saturated carbocycles. The number of amides is 3. The summed E-state index contributed by atoms with van der Waals surface area (Å²) in [5.41, 5.74) is 5.80. The van der Waals surface area contributed by atoms with E-state index in [0.29, 0.717) is 24.3 Å². The molecule has 0 aromatic rings. The molecule has 7 N–H and O–H groups in total.